The number of hydrogen-bond donors (Lipinski definition) is 1. The molecular formula is C10H15ClN4O3S. The van der Waals surface area contributed by atoms with Crippen LogP contribution in [-0.4, -0.2) is 48.5 Å². The van der Waals surface area contributed by atoms with E-state index in [4.69, 9.17) is 10.7 Å². The van der Waals surface area contributed by atoms with Crippen molar-refractivity contribution in [2.75, 3.05) is 19.6 Å². The van der Waals surface area contributed by atoms with Crippen molar-refractivity contribution < 1.29 is 13.2 Å². The molecule has 0 spiro atoms. The molecular weight excluding hydrogens is 292 g/mol. The van der Waals surface area contributed by atoms with Crippen molar-refractivity contribution >= 4 is 25.8 Å². The van der Waals surface area contributed by atoms with Crippen LogP contribution in [0.15, 0.2) is 11.2 Å². The fraction of sp³-hybridized carbons (Fsp3) is 0.600. The molecule has 9 heteroatoms. The lowest BCUT2D eigenvalue weighted by Crippen LogP contribution is -2.31. The van der Waals surface area contributed by atoms with E-state index in [-0.39, 0.29) is 11.1 Å². The van der Waals surface area contributed by atoms with E-state index >= 15 is 0 Å². The predicted molar refractivity (Wildman–Crippen MR) is 69.6 cm³/mol. The summed E-state index contributed by atoms with van der Waals surface area (Å²) < 4.78 is 24.2. The largest absolute Gasteiger partial charge is 0.336 e. The lowest BCUT2D eigenvalue weighted by Gasteiger charge is -2.15. The average molecular weight is 307 g/mol. The number of aromatic nitrogens is 2. The maximum Gasteiger partial charge on any atom is 0.317 e. The Morgan fingerprint density at radius 1 is 1.47 bits per heavy atom. The fourth-order valence-electron chi connectivity index (χ4n) is 1.97. The van der Waals surface area contributed by atoms with Crippen molar-refractivity contribution in [1.82, 2.24) is 19.8 Å². The summed E-state index contributed by atoms with van der Waals surface area (Å²) >= 11 is 0. The van der Waals surface area contributed by atoms with Gasteiger partial charge in [0.2, 0.25) is 0 Å². The summed E-state index contributed by atoms with van der Waals surface area (Å²) in [6, 6.07) is -0.0941. The molecule has 19 heavy (non-hydrogen) atoms. The molecule has 0 aliphatic carbocycles. The van der Waals surface area contributed by atoms with Gasteiger partial charge in [0.25, 0.3) is 9.05 Å². The molecule has 0 unspecified atom stereocenters. The third-order valence-corrected chi connectivity index (χ3v) is 4.13. The van der Waals surface area contributed by atoms with E-state index in [1.807, 2.05) is 6.92 Å². The third kappa shape index (κ3) is 3.19. The van der Waals surface area contributed by atoms with Crippen LogP contribution in [0.1, 0.15) is 12.7 Å². The Balaban J connectivity index is 2.11. The van der Waals surface area contributed by atoms with Gasteiger partial charge in [-0.3, -0.25) is 0 Å². The van der Waals surface area contributed by atoms with Crippen molar-refractivity contribution in [1.29, 1.82) is 0 Å². The molecule has 0 radical (unpaired) electrons. The standard InChI is InChI=1S/C10H15ClN4O3S/c1-2-8-13-9(19(11,17)18)7-15(8)6-5-14-4-3-12-10(14)16/h7H,2-6H2,1H3,(H,12,16). The monoisotopic (exact) mass is 306 g/mol. The van der Waals surface area contributed by atoms with Gasteiger partial charge in [0, 0.05) is 49.5 Å². The first-order valence-corrected chi connectivity index (χ1v) is 8.26. The molecule has 0 atom stereocenters. The molecule has 1 N–H and O–H groups in total. The zero-order valence-corrected chi connectivity index (χ0v) is 12.0. The molecule has 1 aliphatic rings. The van der Waals surface area contributed by atoms with Gasteiger partial charge in [0.05, 0.1) is 0 Å². The Morgan fingerprint density at radius 2 is 2.21 bits per heavy atom. The summed E-state index contributed by atoms with van der Waals surface area (Å²) in [6.07, 6.45) is 2.01. The number of hydrogen-bond acceptors (Lipinski definition) is 4. The number of nitrogens with zero attached hydrogens (tertiary/aromatic N) is 3. The second-order valence-corrected chi connectivity index (χ2v) is 6.71. The molecule has 1 aromatic heterocycles. The lowest BCUT2D eigenvalue weighted by molar-refractivity contribution is 0.215. The molecule has 2 amide bonds. The fourth-order valence-corrected chi connectivity index (χ4v) is 2.66. The van der Waals surface area contributed by atoms with Crippen molar-refractivity contribution in [3.63, 3.8) is 0 Å². The highest BCUT2D eigenvalue weighted by Crippen LogP contribution is 2.15. The van der Waals surface area contributed by atoms with Gasteiger partial charge in [-0.15, -0.1) is 0 Å². The van der Waals surface area contributed by atoms with E-state index in [1.165, 1.54) is 6.20 Å². The minimum absolute atomic E-state index is 0.0941. The smallest absolute Gasteiger partial charge is 0.317 e. The summed E-state index contributed by atoms with van der Waals surface area (Å²) in [5.74, 6) is 0.638. The maximum atomic E-state index is 11.4. The lowest BCUT2D eigenvalue weighted by atomic mass is 10.4. The van der Waals surface area contributed by atoms with Crippen LogP contribution in [0, 0.1) is 0 Å². The second kappa shape index (κ2) is 5.38. The number of urea groups is 1. The van der Waals surface area contributed by atoms with Gasteiger partial charge in [-0.2, -0.15) is 0 Å². The number of rotatable bonds is 5. The van der Waals surface area contributed by atoms with Crippen LogP contribution in [-0.2, 0) is 22.0 Å². The third-order valence-electron chi connectivity index (χ3n) is 2.96. The Hall–Kier alpha value is -1.28. The summed E-state index contributed by atoms with van der Waals surface area (Å²) in [4.78, 5) is 17.1. The Labute approximate surface area is 116 Å². The number of halogens is 1. The number of aryl methyl sites for hydroxylation is 1. The van der Waals surface area contributed by atoms with Crippen LogP contribution in [0.25, 0.3) is 0 Å². The second-order valence-electron chi connectivity index (χ2n) is 4.20. The van der Waals surface area contributed by atoms with E-state index in [2.05, 4.69) is 10.3 Å². The van der Waals surface area contributed by atoms with E-state index < -0.39 is 9.05 Å². The number of nitrogens with one attached hydrogen (secondary N) is 1. The normalized spacial score (nSPS) is 15.9. The Kier molecular flexibility index (Phi) is 4.00. The SMILES string of the molecule is CCc1nc(S(=O)(=O)Cl)cn1CCN1CCNC1=O. The molecule has 7 nitrogen and oxygen atoms in total. The average Bonchev–Trinajstić information content (AvgIpc) is 2.91. The van der Waals surface area contributed by atoms with Gasteiger partial charge in [-0.1, -0.05) is 6.92 Å². The highest BCUT2D eigenvalue weighted by molar-refractivity contribution is 8.13. The maximum absolute atomic E-state index is 11.4. The number of carbonyl (C=O) groups excluding carboxylic acids is 1. The zero-order chi connectivity index (χ0) is 14.0. The van der Waals surface area contributed by atoms with Crippen LogP contribution in [0.2, 0.25) is 0 Å². The van der Waals surface area contributed by atoms with Gasteiger partial charge in [0.15, 0.2) is 5.03 Å². The van der Waals surface area contributed by atoms with Crippen LogP contribution in [0.4, 0.5) is 4.79 Å². The summed E-state index contributed by atoms with van der Waals surface area (Å²) in [7, 11) is 1.46. The van der Waals surface area contributed by atoms with Gasteiger partial charge in [0.1, 0.15) is 5.82 Å². The molecule has 1 aliphatic heterocycles. The summed E-state index contributed by atoms with van der Waals surface area (Å²) in [6.45, 7) is 4.19. The molecule has 0 saturated carbocycles. The summed E-state index contributed by atoms with van der Waals surface area (Å²) in [5.41, 5.74) is 0. The van der Waals surface area contributed by atoms with E-state index in [0.29, 0.717) is 38.4 Å². The predicted octanol–water partition coefficient (Wildman–Crippen LogP) is 0.398. The first-order chi connectivity index (χ1) is 8.91. The highest BCUT2D eigenvalue weighted by atomic mass is 35.7. The van der Waals surface area contributed by atoms with Gasteiger partial charge < -0.3 is 14.8 Å². The minimum atomic E-state index is -3.82. The van der Waals surface area contributed by atoms with Crippen molar-refractivity contribution in [2.24, 2.45) is 0 Å². The number of amides is 2. The zero-order valence-electron chi connectivity index (χ0n) is 10.5. The van der Waals surface area contributed by atoms with E-state index in [1.54, 1.807) is 9.47 Å². The van der Waals surface area contributed by atoms with Gasteiger partial charge in [-0.25, -0.2) is 18.2 Å². The molecule has 0 aromatic carbocycles. The Morgan fingerprint density at radius 3 is 2.74 bits per heavy atom. The molecule has 2 rings (SSSR count). The molecule has 1 fully saturated rings. The van der Waals surface area contributed by atoms with Crippen molar-refractivity contribution in [3.05, 3.63) is 12.0 Å². The van der Waals surface area contributed by atoms with E-state index in [0.717, 1.165) is 0 Å². The molecule has 0 bridgehead atoms. The topological polar surface area (TPSA) is 84.3 Å². The molecule has 1 aromatic rings. The van der Waals surface area contributed by atoms with Crippen molar-refractivity contribution in [2.45, 2.75) is 24.9 Å². The minimum Gasteiger partial charge on any atom is -0.336 e. The summed E-state index contributed by atoms with van der Waals surface area (Å²) in [5, 5.41) is 2.57. The van der Waals surface area contributed by atoms with Crippen LogP contribution < -0.4 is 5.32 Å². The van der Waals surface area contributed by atoms with Crippen LogP contribution >= 0.6 is 10.7 Å². The molecule has 1 saturated heterocycles. The number of carbonyl (C=O) groups is 1. The van der Waals surface area contributed by atoms with Crippen LogP contribution in [0.3, 0.4) is 0 Å². The number of imidazole rings is 1. The molecule has 106 valence electrons. The Bertz CT molecular complexity index is 584. The van der Waals surface area contributed by atoms with Crippen molar-refractivity contribution in [3.8, 4) is 0 Å². The van der Waals surface area contributed by atoms with Gasteiger partial charge >= 0.3 is 6.03 Å². The molecule has 2 heterocycles. The van der Waals surface area contributed by atoms with Gasteiger partial charge in [-0.05, 0) is 0 Å². The highest BCUT2D eigenvalue weighted by Gasteiger charge is 2.21. The quantitative estimate of drug-likeness (QED) is 0.798. The first kappa shape index (κ1) is 14.1. The van der Waals surface area contributed by atoms with Crippen LogP contribution in [0.5, 0.6) is 0 Å². The first-order valence-electron chi connectivity index (χ1n) is 5.95. The van der Waals surface area contributed by atoms with E-state index in [9.17, 15) is 13.2 Å².